The summed E-state index contributed by atoms with van der Waals surface area (Å²) < 4.78 is 13.0. The number of anilines is 2. The van der Waals surface area contributed by atoms with Crippen LogP contribution in [-0.4, -0.2) is 7.05 Å². The summed E-state index contributed by atoms with van der Waals surface area (Å²) in [7, 11) is 1.92. The number of hydrogen-bond acceptors (Lipinski definition) is 3. The van der Waals surface area contributed by atoms with Crippen molar-refractivity contribution in [1.82, 2.24) is 0 Å². The molecule has 2 rings (SSSR count). The second-order valence-corrected chi connectivity index (χ2v) is 4.36. The van der Waals surface area contributed by atoms with Gasteiger partial charge in [-0.1, -0.05) is 6.07 Å². The van der Waals surface area contributed by atoms with E-state index >= 15 is 0 Å². The Hall–Kier alpha value is -2.54. The van der Waals surface area contributed by atoms with Gasteiger partial charge >= 0.3 is 0 Å². The van der Waals surface area contributed by atoms with Gasteiger partial charge in [-0.15, -0.1) is 0 Å². The van der Waals surface area contributed by atoms with E-state index in [2.05, 4.69) is 6.07 Å². The first-order valence-electron chi connectivity index (χ1n) is 5.85. The molecule has 0 spiro atoms. The van der Waals surface area contributed by atoms with Crippen LogP contribution in [0.15, 0.2) is 42.5 Å². The van der Waals surface area contributed by atoms with Crippen molar-refractivity contribution in [2.75, 3.05) is 17.7 Å². The van der Waals surface area contributed by atoms with Crippen LogP contribution in [0, 0.1) is 17.1 Å². The van der Waals surface area contributed by atoms with Crippen LogP contribution in [0.25, 0.3) is 0 Å². The molecule has 0 aliphatic heterocycles. The fourth-order valence-corrected chi connectivity index (χ4v) is 1.85. The Bertz CT molecular complexity index is 614. The number of hydrogen-bond donors (Lipinski definition) is 1. The monoisotopic (exact) mass is 255 g/mol. The minimum atomic E-state index is -0.331. The van der Waals surface area contributed by atoms with Gasteiger partial charge in [0.2, 0.25) is 0 Å². The first-order valence-corrected chi connectivity index (χ1v) is 5.85. The standard InChI is InChI=1S/C15H14FN3/c1-19(14-6-2-11(9-17)3-7-14)10-12-4-5-13(16)8-15(12)18/h2-8H,10,18H2,1H3. The highest BCUT2D eigenvalue weighted by Gasteiger charge is 2.06. The summed E-state index contributed by atoms with van der Waals surface area (Å²) in [5.41, 5.74) is 8.70. The molecule has 0 aliphatic carbocycles. The van der Waals surface area contributed by atoms with Gasteiger partial charge in [-0.2, -0.15) is 5.26 Å². The molecule has 3 nitrogen and oxygen atoms in total. The molecule has 0 heterocycles. The van der Waals surface area contributed by atoms with Crippen LogP contribution in [0.5, 0.6) is 0 Å². The molecule has 0 radical (unpaired) electrons. The topological polar surface area (TPSA) is 53.0 Å². The largest absolute Gasteiger partial charge is 0.398 e. The zero-order chi connectivity index (χ0) is 13.8. The molecule has 0 saturated carbocycles. The van der Waals surface area contributed by atoms with Crippen LogP contribution >= 0.6 is 0 Å². The third-order valence-electron chi connectivity index (χ3n) is 2.95. The van der Waals surface area contributed by atoms with Crippen molar-refractivity contribution in [2.24, 2.45) is 0 Å². The van der Waals surface area contributed by atoms with Gasteiger partial charge in [0.05, 0.1) is 11.6 Å². The Kier molecular flexibility index (Phi) is 3.67. The van der Waals surface area contributed by atoms with Gasteiger partial charge < -0.3 is 10.6 Å². The predicted molar refractivity (Wildman–Crippen MR) is 74.1 cm³/mol. The number of nitrogens with two attached hydrogens (primary N) is 1. The van der Waals surface area contributed by atoms with Gasteiger partial charge in [0.15, 0.2) is 0 Å². The molecule has 2 aromatic rings. The van der Waals surface area contributed by atoms with E-state index in [-0.39, 0.29) is 5.82 Å². The average molecular weight is 255 g/mol. The summed E-state index contributed by atoms with van der Waals surface area (Å²) in [6, 6.07) is 13.8. The van der Waals surface area contributed by atoms with E-state index in [1.54, 1.807) is 18.2 Å². The van der Waals surface area contributed by atoms with E-state index in [4.69, 9.17) is 11.0 Å². The van der Waals surface area contributed by atoms with Crippen molar-refractivity contribution in [3.8, 4) is 6.07 Å². The highest BCUT2D eigenvalue weighted by atomic mass is 19.1. The van der Waals surface area contributed by atoms with Gasteiger partial charge in [-0.3, -0.25) is 0 Å². The summed E-state index contributed by atoms with van der Waals surface area (Å²) in [5.74, 6) is -0.331. The fourth-order valence-electron chi connectivity index (χ4n) is 1.85. The lowest BCUT2D eigenvalue weighted by atomic mass is 10.1. The molecule has 19 heavy (non-hydrogen) atoms. The Morgan fingerprint density at radius 3 is 2.47 bits per heavy atom. The van der Waals surface area contributed by atoms with Crippen molar-refractivity contribution in [2.45, 2.75) is 6.54 Å². The number of halogens is 1. The lowest BCUT2D eigenvalue weighted by molar-refractivity contribution is 0.627. The lowest BCUT2D eigenvalue weighted by Crippen LogP contribution is -2.17. The molecule has 0 fully saturated rings. The Balaban J connectivity index is 2.16. The molecule has 0 amide bonds. The van der Waals surface area contributed by atoms with Crippen LogP contribution in [-0.2, 0) is 6.54 Å². The van der Waals surface area contributed by atoms with E-state index in [0.29, 0.717) is 17.8 Å². The number of nitrogen functional groups attached to an aromatic ring is 1. The van der Waals surface area contributed by atoms with Crippen LogP contribution in [0.3, 0.4) is 0 Å². The van der Waals surface area contributed by atoms with E-state index in [1.807, 2.05) is 24.1 Å². The van der Waals surface area contributed by atoms with Crippen LogP contribution in [0.1, 0.15) is 11.1 Å². The highest BCUT2D eigenvalue weighted by Crippen LogP contribution is 2.20. The molecule has 4 heteroatoms. The minimum absolute atomic E-state index is 0.331. The minimum Gasteiger partial charge on any atom is -0.398 e. The van der Waals surface area contributed by atoms with Gasteiger partial charge in [0.25, 0.3) is 0 Å². The zero-order valence-electron chi connectivity index (χ0n) is 10.6. The number of rotatable bonds is 3. The maximum atomic E-state index is 13.0. The predicted octanol–water partition coefficient (Wildman–Crippen LogP) is 2.92. The maximum absolute atomic E-state index is 13.0. The van der Waals surface area contributed by atoms with Crippen LogP contribution in [0.2, 0.25) is 0 Å². The third-order valence-corrected chi connectivity index (χ3v) is 2.95. The molecule has 0 bridgehead atoms. The summed E-state index contributed by atoms with van der Waals surface area (Å²) in [4.78, 5) is 1.99. The van der Waals surface area contributed by atoms with E-state index in [0.717, 1.165) is 11.3 Å². The molecule has 0 unspecified atom stereocenters. The van der Waals surface area contributed by atoms with E-state index < -0.39 is 0 Å². The molecule has 96 valence electrons. The SMILES string of the molecule is CN(Cc1ccc(F)cc1N)c1ccc(C#N)cc1. The first-order chi connectivity index (χ1) is 9.10. The normalized spacial score (nSPS) is 9.95. The second-order valence-electron chi connectivity index (χ2n) is 4.36. The highest BCUT2D eigenvalue weighted by molar-refractivity contribution is 5.53. The van der Waals surface area contributed by atoms with Crippen molar-refractivity contribution < 1.29 is 4.39 Å². The van der Waals surface area contributed by atoms with Crippen LogP contribution < -0.4 is 10.6 Å². The molecule has 2 aromatic carbocycles. The Morgan fingerprint density at radius 1 is 1.21 bits per heavy atom. The fraction of sp³-hybridized carbons (Fsp3) is 0.133. The quantitative estimate of drug-likeness (QED) is 0.858. The van der Waals surface area contributed by atoms with Crippen molar-refractivity contribution in [3.05, 3.63) is 59.4 Å². The van der Waals surface area contributed by atoms with Gasteiger partial charge in [0, 0.05) is 25.0 Å². The van der Waals surface area contributed by atoms with E-state index in [9.17, 15) is 4.39 Å². The lowest BCUT2D eigenvalue weighted by Gasteiger charge is -2.20. The van der Waals surface area contributed by atoms with Gasteiger partial charge in [0.1, 0.15) is 5.82 Å². The summed E-state index contributed by atoms with van der Waals surface area (Å²) >= 11 is 0. The maximum Gasteiger partial charge on any atom is 0.125 e. The number of benzene rings is 2. The summed E-state index contributed by atoms with van der Waals surface area (Å²) in [5, 5.41) is 8.75. The smallest absolute Gasteiger partial charge is 0.125 e. The Morgan fingerprint density at radius 2 is 1.89 bits per heavy atom. The molecular weight excluding hydrogens is 241 g/mol. The average Bonchev–Trinajstić information content (AvgIpc) is 2.42. The second kappa shape index (κ2) is 5.40. The molecule has 0 aromatic heterocycles. The number of nitrogens with zero attached hydrogens (tertiary/aromatic N) is 2. The number of nitriles is 1. The Labute approximate surface area is 111 Å². The molecule has 2 N–H and O–H groups in total. The zero-order valence-corrected chi connectivity index (χ0v) is 10.6. The summed E-state index contributed by atoms with van der Waals surface area (Å²) in [6.45, 7) is 0.581. The molecular formula is C15H14FN3. The third kappa shape index (κ3) is 3.02. The van der Waals surface area contributed by atoms with Crippen molar-refractivity contribution in [3.63, 3.8) is 0 Å². The molecule has 0 atom stereocenters. The summed E-state index contributed by atoms with van der Waals surface area (Å²) in [6.07, 6.45) is 0. The van der Waals surface area contributed by atoms with Crippen LogP contribution in [0.4, 0.5) is 15.8 Å². The molecule has 0 saturated heterocycles. The van der Waals surface area contributed by atoms with Gasteiger partial charge in [-0.05, 0) is 42.0 Å². The molecule has 0 aliphatic rings. The van der Waals surface area contributed by atoms with Crippen molar-refractivity contribution >= 4 is 11.4 Å². The van der Waals surface area contributed by atoms with Crippen molar-refractivity contribution in [1.29, 1.82) is 5.26 Å². The van der Waals surface area contributed by atoms with E-state index in [1.165, 1.54) is 12.1 Å². The van der Waals surface area contributed by atoms with Gasteiger partial charge in [-0.25, -0.2) is 4.39 Å². The first kappa shape index (κ1) is 12.9.